The van der Waals surface area contributed by atoms with Gasteiger partial charge in [0.25, 0.3) is 10.0 Å². The van der Waals surface area contributed by atoms with Crippen molar-refractivity contribution in [2.45, 2.75) is 11.3 Å². The summed E-state index contributed by atoms with van der Waals surface area (Å²) in [5.74, 6) is 0.0836. The average molecular weight is 368 g/mol. The predicted molar refractivity (Wildman–Crippen MR) is 81.5 cm³/mol. The van der Waals surface area contributed by atoms with Crippen LogP contribution in [0.15, 0.2) is 45.9 Å². The lowest BCUT2D eigenvalue weighted by Gasteiger charge is -2.08. The monoisotopic (exact) mass is 367 g/mol. The molecule has 1 aliphatic heterocycles. The molecule has 8 heteroatoms. The van der Waals surface area contributed by atoms with Gasteiger partial charge in [-0.1, -0.05) is 6.07 Å². The molecule has 0 aliphatic carbocycles. The Bertz CT molecular complexity index is 836. The molecule has 3 rings (SSSR count). The molecule has 0 bridgehead atoms. The van der Waals surface area contributed by atoms with Crippen LogP contribution in [0.2, 0.25) is 0 Å². The summed E-state index contributed by atoms with van der Waals surface area (Å²) in [6.45, 7) is 0. The van der Waals surface area contributed by atoms with Crippen LogP contribution in [0.5, 0.6) is 0 Å². The lowest BCUT2D eigenvalue weighted by atomic mass is 10.2. The van der Waals surface area contributed by atoms with Gasteiger partial charge in [-0.15, -0.1) is 0 Å². The van der Waals surface area contributed by atoms with Gasteiger partial charge in [0.2, 0.25) is 5.91 Å². The molecule has 2 N–H and O–H groups in total. The smallest absolute Gasteiger partial charge is 0.263 e. The minimum absolute atomic E-state index is 0.0968. The number of aromatic nitrogens is 1. The molecule has 1 amide bonds. The van der Waals surface area contributed by atoms with Crippen molar-refractivity contribution in [3.05, 3.63) is 46.6 Å². The first-order chi connectivity index (χ1) is 9.94. The molecule has 0 spiro atoms. The van der Waals surface area contributed by atoms with E-state index in [1.807, 2.05) is 0 Å². The van der Waals surface area contributed by atoms with E-state index in [-0.39, 0.29) is 23.0 Å². The van der Waals surface area contributed by atoms with Gasteiger partial charge in [0.15, 0.2) is 0 Å². The van der Waals surface area contributed by atoms with E-state index in [0.29, 0.717) is 15.9 Å². The lowest BCUT2D eigenvalue weighted by molar-refractivity contribution is -0.115. The molecule has 0 saturated heterocycles. The van der Waals surface area contributed by atoms with Crippen LogP contribution in [0, 0.1) is 0 Å². The van der Waals surface area contributed by atoms with Crippen molar-refractivity contribution < 1.29 is 13.2 Å². The third kappa shape index (κ3) is 2.91. The molecule has 6 nitrogen and oxygen atoms in total. The molecule has 1 aromatic carbocycles. The van der Waals surface area contributed by atoms with Crippen LogP contribution in [-0.2, 0) is 21.2 Å². The number of pyridine rings is 1. The molecular formula is C13H10BrN3O3S. The van der Waals surface area contributed by atoms with E-state index >= 15 is 0 Å². The highest BCUT2D eigenvalue weighted by Gasteiger charge is 2.22. The van der Waals surface area contributed by atoms with Gasteiger partial charge in [-0.05, 0) is 51.8 Å². The quantitative estimate of drug-likeness (QED) is 0.813. The number of fused-ring (bicyclic) bond motifs is 1. The van der Waals surface area contributed by atoms with Gasteiger partial charge >= 0.3 is 0 Å². The Balaban J connectivity index is 1.92. The molecular weight excluding hydrogens is 358 g/mol. The van der Waals surface area contributed by atoms with Gasteiger partial charge < -0.3 is 5.32 Å². The van der Waals surface area contributed by atoms with Crippen molar-refractivity contribution in [1.82, 2.24) is 4.98 Å². The minimum atomic E-state index is -3.74. The molecule has 0 atom stereocenters. The number of nitrogens with one attached hydrogen (secondary N) is 2. The molecule has 0 saturated carbocycles. The largest absolute Gasteiger partial charge is 0.326 e. The number of hydrogen-bond donors (Lipinski definition) is 2. The summed E-state index contributed by atoms with van der Waals surface area (Å²) in [6, 6.07) is 9.47. The first-order valence-corrected chi connectivity index (χ1v) is 8.30. The van der Waals surface area contributed by atoms with Crippen LogP contribution in [0.25, 0.3) is 0 Å². The maximum absolute atomic E-state index is 12.3. The zero-order valence-electron chi connectivity index (χ0n) is 10.6. The second kappa shape index (κ2) is 5.12. The summed E-state index contributed by atoms with van der Waals surface area (Å²) >= 11 is 3.18. The SMILES string of the molecule is O=C1Cc2cc(S(=O)(=O)Nc3cccc(Br)n3)ccc2N1. The Morgan fingerprint density at radius 1 is 1.24 bits per heavy atom. The number of benzene rings is 1. The van der Waals surface area contributed by atoms with Gasteiger partial charge in [0.1, 0.15) is 10.4 Å². The van der Waals surface area contributed by atoms with E-state index in [0.717, 1.165) is 0 Å². The normalized spacial score (nSPS) is 13.7. The summed E-state index contributed by atoms with van der Waals surface area (Å²) in [5.41, 5.74) is 1.32. The topological polar surface area (TPSA) is 88.2 Å². The summed E-state index contributed by atoms with van der Waals surface area (Å²) in [7, 11) is -3.74. The van der Waals surface area contributed by atoms with Crippen molar-refractivity contribution in [2.24, 2.45) is 0 Å². The van der Waals surface area contributed by atoms with Gasteiger partial charge in [-0.25, -0.2) is 13.4 Å². The fourth-order valence-corrected chi connectivity index (χ4v) is 3.43. The molecule has 0 radical (unpaired) electrons. The molecule has 1 aliphatic rings. The number of carbonyl (C=O) groups is 1. The van der Waals surface area contributed by atoms with Gasteiger partial charge in [-0.2, -0.15) is 0 Å². The van der Waals surface area contributed by atoms with Crippen molar-refractivity contribution in [2.75, 3.05) is 10.0 Å². The Morgan fingerprint density at radius 2 is 2.05 bits per heavy atom. The summed E-state index contributed by atoms with van der Waals surface area (Å²) in [4.78, 5) is 15.4. The molecule has 108 valence electrons. The third-order valence-corrected chi connectivity index (χ3v) is 4.76. The van der Waals surface area contributed by atoms with Crippen LogP contribution in [-0.4, -0.2) is 19.3 Å². The molecule has 0 fully saturated rings. The number of halogens is 1. The molecule has 1 aromatic heterocycles. The maximum atomic E-state index is 12.3. The zero-order chi connectivity index (χ0) is 15.0. The number of rotatable bonds is 3. The highest BCUT2D eigenvalue weighted by molar-refractivity contribution is 9.10. The Hall–Kier alpha value is -1.93. The number of hydrogen-bond acceptors (Lipinski definition) is 4. The highest BCUT2D eigenvalue weighted by atomic mass is 79.9. The minimum Gasteiger partial charge on any atom is -0.326 e. The number of anilines is 2. The number of carbonyl (C=O) groups excluding carboxylic acids is 1. The number of sulfonamides is 1. The number of amides is 1. The Labute approximate surface area is 129 Å². The molecule has 2 aromatic rings. The average Bonchev–Trinajstić information content (AvgIpc) is 2.77. The van der Waals surface area contributed by atoms with Crippen LogP contribution < -0.4 is 10.0 Å². The lowest BCUT2D eigenvalue weighted by Crippen LogP contribution is -2.14. The van der Waals surface area contributed by atoms with E-state index < -0.39 is 10.0 Å². The molecule has 2 heterocycles. The third-order valence-electron chi connectivity index (χ3n) is 2.97. The van der Waals surface area contributed by atoms with E-state index in [9.17, 15) is 13.2 Å². The Morgan fingerprint density at radius 3 is 2.81 bits per heavy atom. The number of nitrogens with zero attached hydrogens (tertiary/aromatic N) is 1. The van der Waals surface area contributed by atoms with E-state index in [1.165, 1.54) is 12.1 Å². The highest BCUT2D eigenvalue weighted by Crippen LogP contribution is 2.26. The zero-order valence-corrected chi connectivity index (χ0v) is 13.0. The van der Waals surface area contributed by atoms with Gasteiger partial charge in [-0.3, -0.25) is 9.52 Å². The van der Waals surface area contributed by atoms with E-state index in [2.05, 4.69) is 31.0 Å². The second-order valence-corrected chi connectivity index (χ2v) is 6.99. The van der Waals surface area contributed by atoms with Gasteiger partial charge in [0.05, 0.1) is 11.3 Å². The fourth-order valence-electron chi connectivity index (χ4n) is 2.03. The maximum Gasteiger partial charge on any atom is 0.263 e. The standard InChI is InChI=1S/C13H10BrN3O3S/c14-11-2-1-3-12(16-11)17-21(19,20)9-4-5-10-8(6-9)7-13(18)15-10/h1-6H,7H2,(H,15,18)(H,16,17). The summed E-state index contributed by atoms with van der Waals surface area (Å²) in [5, 5.41) is 2.66. The van der Waals surface area contributed by atoms with Gasteiger partial charge in [0, 0.05) is 5.69 Å². The summed E-state index contributed by atoms with van der Waals surface area (Å²) in [6.07, 6.45) is 0.188. The Kier molecular flexibility index (Phi) is 3.42. The van der Waals surface area contributed by atoms with E-state index in [1.54, 1.807) is 24.3 Å². The van der Waals surface area contributed by atoms with E-state index in [4.69, 9.17) is 0 Å². The van der Waals surface area contributed by atoms with Crippen molar-refractivity contribution in [1.29, 1.82) is 0 Å². The van der Waals surface area contributed by atoms with Crippen LogP contribution in [0.1, 0.15) is 5.56 Å². The first kappa shape index (κ1) is 14.0. The van der Waals surface area contributed by atoms with Crippen LogP contribution >= 0.6 is 15.9 Å². The molecule has 21 heavy (non-hydrogen) atoms. The van der Waals surface area contributed by atoms with Crippen molar-refractivity contribution >= 4 is 43.4 Å². The first-order valence-electron chi connectivity index (χ1n) is 6.02. The predicted octanol–water partition coefficient (Wildman–Crippen LogP) is 2.14. The van der Waals surface area contributed by atoms with Crippen LogP contribution in [0.4, 0.5) is 11.5 Å². The fraction of sp³-hybridized carbons (Fsp3) is 0.0769. The second-order valence-electron chi connectivity index (χ2n) is 4.49. The summed E-state index contributed by atoms with van der Waals surface area (Å²) < 4.78 is 27.6. The van der Waals surface area contributed by atoms with Crippen molar-refractivity contribution in [3.63, 3.8) is 0 Å². The van der Waals surface area contributed by atoms with Crippen molar-refractivity contribution in [3.8, 4) is 0 Å². The molecule has 0 unspecified atom stereocenters. The van der Waals surface area contributed by atoms with Crippen LogP contribution in [0.3, 0.4) is 0 Å².